The highest BCUT2D eigenvalue weighted by Crippen LogP contribution is 2.19. The van der Waals surface area contributed by atoms with Gasteiger partial charge >= 0.3 is 0 Å². The molecule has 24 heavy (non-hydrogen) atoms. The van der Waals surface area contributed by atoms with Crippen molar-refractivity contribution >= 4 is 17.5 Å². The third-order valence-corrected chi connectivity index (χ3v) is 4.69. The predicted octanol–water partition coefficient (Wildman–Crippen LogP) is 2.93. The molecule has 1 saturated carbocycles. The van der Waals surface area contributed by atoms with Gasteiger partial charge in [0.1, 0.15) is 0 Å². The van der Waals surface area contributed by atoms with Gasteiger partial charge in [-0.1, -0.05) is 23.7 Å². The van der Waals surface area contributed by atoms with Gasteiger partial charge in [-0.2, -0.15) is 5.10 Å². The highest BCUT2D eigenvalue weighted by atomic mass is 35.5. The molecule has 1 aromatic carbocycles. The van der Waals surface area contributed by atoms with Crippen molar-refractivity contribution < 1.29 is 9.90 Å². The van der Waals surface area contributed by atoms with Crippen LogP contribution in [-0.4, -0.2) is 32.9 Å². The van der Waals surface area contributed by atoms with Gasteiger partial charge < -0.3 is 10.4 Å². The first-order valence-electron chi connectivity index (χ1n) is 8.28. The lowest BCUT2D eigenvalue weighted by Gasteiger charge is -2.26. The Labute approximate surface area is 146 Å². The number of aryl methyl sites for hydroxylation is 1. The molecule has 128 valence electrons. The molecule has 5 nitrogen and oxygen atoms in total. The number of halogens is 1. The third kappa shape index (κ3) is 4.16. The van der Waals surface area contributed by atoms with Crippen LogP contribution < -0.4 is 5.32 Å². The zero-order valence-electron chi connectivity index (χ0n) is 13.7. The van der Waals surface area contributed by atoms with Gasteiger partial charge in [-0.05, 0) is 50.3 Å². The molecule has 3 rings (SSSR count). The summed E-state index contributed by atoms with van der Waals surface area (Å²) in [6.07, 6.45) is 4.70. The summed E-state index contributed by atoms with van der Waals surface area (Å²) in [6, 6.07) is 7.75. The second-order valence-electron chi connectivity index (χ2n) is 6.43. The summed E-state index contributed by atoms with van der Waals surface area (Å²) in [5.74, 6) is -0.0915. The number of carbonyl (C=O) groups is 1. The molecule has 0 atom stereocenters. The summed E-state index contributed by atoms with van der Waals surface area (Å²) >= 11 is 6.01. The summed E-state index contributed by atoms with van der Waals surface area (Å²) in [7, 11) is 0. The van der Waals surface area contributed by atoms with Gasteiger partial charge in [-0.15, -0.1) is 0 Å². The fourth-order valence-electron chi connectivity index (χ4n) is 3.13. The van der Waals surface area contributed by atoms with E-state index in [1.54, 1.807) is 10.9 Å². The van der Waals surface area contributed by atoms with Crippen LogP contribution in [0.5, 0.6) is 0 Å². The number of rotatable bonds is 4. The number of amides is 1. The molecule has 0 unspecified atom stereocenters. The molecule has 1 aliphatic rings. The van der Waals surface area contributed by atoms with E-state index in [0.29, 0.717) is 22.8 Å². The van der Waals surface area contributed by atoms with Crippen molar-refractivity contribution in [1.29, 1.82) is 0 Å². The Morgan fingerprint density at radius 1 is 1.38 bits per heavy atom. The zero-order valence-corrected chi connectivity index (χ0v) is 14.5. The molecule has 2 N–H and O–H groups in total. The number of aromatic nitrogens is 2. The van der Waals surface area contributed by atoms with E-state index in [-0.39, 0.29) is 18.1 Å². The standard InChI is InChI=1S/C18H22ClN3O2/c1-12-17(18(24)20-15-5-7-16(23)8-6-15)11-22(21-12)10-13-3-2-4-14(19)9-13/h2-4,9,11,15-16,23H,5-8,10H2,1H3,(H,20,24). The maximum Gasteiger partial charge on any atom is 0.254 e. The molecule has 1 aliphatic carbocycles. The van der Waals surface area contributed by atoms with Crippen molar-refractivity contribution in [2.75, 3.05) is 0 Å². The quantitative estimate of drug-likeness (QED) is 0.893. The van der Waals surface area contributed by atoms with Gasteiger partial charge in [0.2, 0.25) is 0 Å². The van der Waals surface area contributed by atoms with E-state index in [4.69, 9.17) is 11.6 Å². The van der Waals surface area contributed by atoms with E-state index in [1.807, 2.05) is 31.2 Å². The highest BCUT2D eigenvalue weighted by molar-refractivity contribution is 6.30. The van der Waals surface area contributed by atoms with Crippen molar-refractivity contribution in [2.24, 2.45) is 0 Å². The Morgan fingerprint density at radius 3 is 2.83 bits per heavy atom. The molecule has 2 aromatic rings. The molecule has 1 amide bonds. The van der Waals surface area contributed by atoms with E-state index in [0.717, 1.165) is 31.2 Å². The molecule has 1 aromatic heterocycles. The first-order chi connectivity index (χ1) is 11.5. The van der Waals surface area contributed by atoms with Crippen LogP contribution in [0.25, 0.3) is 0 Å². The van der Waals surface area contributed by atoms with Crippen LogP contribution in [0.4, 0.5) is 0 Å². The van der Waals surface area contributed by atoms with Crippen molar-refractivity contribution in [3.05, 3.63) is 52.3 Å². The monoisotopic (exact) mass is 347 g/mol. The van der Waals surface area contributed by atoms with Crippen LogP contribution in [0.1, 0.15) is 47.3 Å². The fraction of sp³-hybridized carbons (Fsp3) is 0.444. The second kappa shape index (κ2) is 7.36. The number of aliphatic hydroxyl groups excluding tert-OH is 1. The molecular formula is C18H22ClN3O2. The molecule has 6 heteroatoms. The average molecular weight is 348 g/mol. The first kappa shape index (κ1) is 17.0. The zero-order chi connectivity index (χ0) is 17.1. The van der Waals surface area contributed by atoms with E-state index in [9.17, 15) is 9.90 Å². The smallest absolute Gasteiger partial charge is 0.254 e. The average Bonchev–Trinajstić information content (AvgIpc) is 2.90. The lowest BCUT2D eigenvalue weighted by Crippen LogP contribution is -2.38. The van der Waals surface area contributed by atoms with E-state index in [1.165, 1.54) is 0 Å². The Bertz CT molecular complexity index is 721. The van der Waals surface area contributed by atoms with E-state index >= 15 is 0 Å². The Kier molecular flexibility index (Phi) is 5.21. The first-order valence-corrected chi connectivity index (χ1v) is 8.66. The SMILES string of the molecule is Cc1nn(Cc2cccc(Cl)c2)cc1C(=O)NC1CCC(O)CC1. The molecule has 0 aliphatic heterocycles. The largest absolute Gasteiger partial charge is 0.393 e. The molecule has 0 spiro atoms. The Balaban J connectivity index is 1.66. The maximum absolute atomic E-state index is 12.5. The molecule has 0 bridgehead atoms. The van der Waals surface area contributed by atoms with Gasteiger partial charge in [-0.3, -0.25) is 9.48 Å². The fourth-order valence-corrected chi connectivity index (χ4v) is 3.34. The summed E-state index contributed by atoms with van der Waals surface area (Å²) in [6.45, 7) is 2.41. The van der Waals surface area contributed by atoms with Crippen LogP contribution in [0.2, 0.25) is 5.02 Å². The van der Waals surface area contributed by atoms with Gasteiger partial charge in [0.05, 0.1) is 23.9 Å². The van der Waals surface area contributed by atoms with Crippen molar-refractivity contribution in [3.8, 4) is 0 Å². The predicted molar refractivity (Wildman–Crippen MR) is 93.2 cm³/mol. The van der Waals surface area contributed by atoms with Crippen LogP contribution >= 0.6 is 11.6 Å². The number of benzene rings is 1. The lowest BCUT2D eigenvalue weighted by molar-refractivity contribution is 0.0867. The second-order valence-corrected chi connectivity index (χ2v) is 6.87. The van der Waals surface area contributed by atoms with Crippen LogP contribution in [-0.2, 0) is 6.54 Å². The topological polar surface area (TPSA) is 67.2 Å². The highest BCUT2D eigenvalue weighted by Gasteiger charge is 2.22. The molecule has 1 fully saturated rings. The summed E-state index contributed by atoms with van der Waals surface area (Å²) in [4.78, 5) is 12.5. The minimum absolute atomic E-state index is 0.0915. The summed E-state index contributed by atoms with van der Waals surface area (Å²) < 4.78 is 1.76. The summed E-state index contributed by atoms with van der Waals surface area (Å²) in [5.41, 5.74) is 2.35. The number of hydrogen-bond donors (Lipinski definition) is 2. The lowest BCUT2D eigenvalue weighted by atomic mass is 9.93. The number of nitrogens with one attached hydrogen (secondary N) is 1. The minimum atomic E-state index is -0.222. The van der Waals surface area contributed by atoms with Crippen molar-refractivity contribution in [3.63, 3.8) is 0 Å². The number of nitrogens with zero attached hydrogens (tertiary/aromatic N) is 2. The van der Waals surface area contributed by atoms with Gasteiger partial charge in [0.25, 0.3) is 5.91 Å². The van der Waals surface area contributed by atoms with Gasteiger partial charge in [0, 0.05) is 17.3 Å². The molecule has 1 heterocycles. The molecule has 0 radical (unpaired) electrons. The number of hydrogen-bond acceptors (Lipinski definition) is 3. The van der Waals surface area contributed by atoms with Crippen molar-refractivity contribution in [1.82, 2.24) is 15.1 Å². The normalized spacial score (nSPS) is 20.8. The van der Waals surface area contributed by atoms with E-state index in [2.05, 4.69) is 10.4 Å². The number of carbonyl (C=O) groups excluding carboxylic acids is 1. The van der Waals surface area contributed by atoms with Crippen molar-refractivity contribution in [2.45, 2.75) is 51.3 Å². The van der Waals surface area contributed by atoms with Crippen LogP contribution in [0.3, 0.4) is 0 Å². The van der Waals surface area contributed by atoms with E-state index < -0.39 is 0 Å². The van der Waals surface area contributed by atoms with Gasteiger partial charge in [-0.25, -0.2) is 0 Å². The third-order valence-electron chi connectivity index (χ3n) is 4.46. The Hall–Kier alpha value is -1.85. The van der Waals surface area contributed by atoms with Crippen LogP contribution in [0.15, 0.2) is 30.5 Å². The molecular weight excluding hydrogens is 326 g/mol. The van der Waals surface area contributed by atoms with Gasteiger partial charge in [0.15, 0.2) is 0 Å². The van der Waals surface area contributed by atoms with Crippen LogP contribution in [0, 0.1) is 6.92 Å². The maximum atomic E-state index is 12.5. The molecule has 0 saturated heterocycles. The summed E-state index contributed by atoms with van der Waals surface area (Å²) in [5, 5.41) is 17.7. The Morgan fingerprint density at radius 2 is 2.12 bits per heavy atom. The minimum Gasteiger partial charge on any atom is -0.393 e. The number of aliphatic hydroxyl groups is 1.